The molecule has 208 valence electrons. The zero-order valence-corrected chi connectivity index (χ0v) is 24.3. The lowest BCUT2D eigenvalue weighted by Crippen LogP contribution is -2.35. The maximum absolute atomic E-state index is 12.5. The molecular weight excluding hydrogens is 500 g/mol. The molecule has 1 amide bonds. The van der Waals surface area contributed by atoms with Crippen LogP contribution < -0.4 is 15.8 Å². The van der Waals surface area contributed by atoms with Gasteiger partial charge in [0.05, 0.1) is 25.9 Å². The Bertz CT molecular complexity index is 1140. The van der Waals surface area contributed by atoms with Crippen LogP contribution in [0.15, 0.2) is 36.4 Å². The summed E-state index contributed by atoms with van der Waals surface area (Å²) in [5, 5.41) is 5.25. The van der Waals surface area contributed by atoms with Crippen LogP contribution >= 0.6 is 11.6 Å². The highest BCUT2D eigenvalue weighted by Gasteiger charge is 2.14. The van der Waals surface area contributed by atoms with E-state index in [0.717, 1.165) is 61.6 Å². The molecule has 1 fully saturated rings. The van der Waals surface area contributed by atoms with Crippen molar-refractivity contribution in [3.8, 4) is 0 Å². The summed E-state index contributed by atoms with van der Waals surface area (Å²) in [6.45, 7) is 13.5. The van der Waals surface area contributed by atoms with Gasteiger partial charge in [-0.1, -0.05) is 44.5 Å². The number of benzene rings is 2. The Labute approximate surface area is 232 Å². The molecule has 7 heteroatoms. The molecule has 1 aliphatic heterocycles. The molecule has 0 bridgehead atoms. The predicted octanol–water partition coefficient (Wildman–Crippen LogP) is 4.45. The fourth-order valence-corrected chi connectivity index (χ4v) is 4.55. The second-order valence-corrected chi connectivity index (χ2v) is 10.1. The van der Waals surface area contributed by atoms with Crippen molar-refractivity contribution in [3.63, 3.8) is 0 Å². The quantitative estimate of drug-likeness (QED) is 0.449. The first kappa shape index (κ1) is 31.5. The number of nitrogens with zero attached hydrogens (tertiary/aromatic N) is 1. The topological polar surface area (TPSA) is 67.9 Å². The summed E-state index contributed by atoms with van der Waals surface area (Å²) in [4.78, 5) is 26.9. The van der Waals surface area contributed by atoms with E-state index in [2.05, 4.69) is 36.8 Å². The van der Waals surface area contributed by atoms with Gasteiger partial charge in [0, 0.05) is 54.6 Å². The van der Waals surface area contributed by atoms with Crippen LogP contribution in [0.2, 0.25) is 5.02 Å². The largest absolute Gasteiger partial charge is 0.380 e. The Morgan fingerprint density at radius 2 is 1.89 bits per heavy atom. The van der Waals surface area contributed by atoms with Crippen LogP contribution in [0, 0.1) is 5.92 Å². The Morgan fingerprint density at radius 1 is 1.18 bits per heavy atom. The standard InChI is InChI=1S/C26H33ClN2O2.C5H10O2/c1-6-19(9-15-25(30)20-10-12-21(27)13-11-20)16-29(5)17-24-18(3)8-14-23(22(24)7-2)26(31)28-4;1-5-4-6-2-3-7-5/h8,10-14,17,19H,3,6-7,9,15-16H2,1-2,4-5H3,(H,28,31);5H,2-4H2,1H3/b24-17+;. The number of carbonyl (C=O) groups is 2. The average molecular weight is 543 g/mol. The van der Waals surface area contributed by atoms with E-state index in [1.165, 1.54) is 0 Å². The minimum atomic E-state index is -0.0821. The summed E-state index contributed by atoms with van der Waals surface area (Å²) >= 11 is 5.91. The summed E-state index contributed by atoms with van der Waals surface area (Å²) < 4.78 is 10.2. The summed E-state index contributed by atoms with van der Waals surface area (Å²) in [7, 11) is 3.68. The Hall–Kier alpha value is -2.67. The first-order valence-electron chi connectivity index (χ1n) is 13.4. The van der Waals surface area contributed by atoms with Crippen LogP contribution in [0.1, 0.15) is 66.3 Å². The smallest absolute Gasteiger partial charge is 0.251 e. The van der Waals surface area contributed by atoms with Crippen molar-refractivity contribution in [2.75, 3.05) is 40.5 Å². The van der Waals surface area contributed by atoms with Crippen LogP contribution in [0.5, 0.6) is 0 Å². The molecule has 0 aromatic heterocycles. The van der Waals surface area contributed by atoms with E-state index in [-0.39, 0.29) is 11.7 Å². The van der Waals surface area contributed by atoms with E-state index in [4.69, 9.17) is 21.1 Å². The molecule has 1 aliphatic rings. The third-order valence-electron chi connectivity index (χ3n) is 6.67. The van der Waals surface area contributed by atoms with Crippen molar-refractivity contribution >= 4 is 36.1 Å². The Kier molecular flexibility index (Phi) is 13.6. The molecule has 0 spiro atoms. The molecule has 2 aromatic rings. The number of ether oxygens (including phenoxy) is 2. The number of ketones is 1. The molecule has 2 atom stereocenters. The number of hydrogen-bond acceptors (Lipinski definition) is 5. The normalized spacial score (nSPS) is 16.3. The van der Waals surface area contributed by atoms with Crippen molar-refractivity contribution in [2.45, 2.75) is 52.6 Å². The highest BCUT2D eigenvalue weighted by molar-refractivity contribution is 6.30. The van der Waals surface area contributed by atoms with E-state index in [0.29, 0.717) is 34.6 Å². The lowest BCUT2D eigenvalue weighted by molar-refractivity contribution is -0.0797. The van der Waals surface area contributed by atoms with Gasteiger partial charge >= 0.3 is 0 Å². The van der Waals surface area contributed by atoms with Crippen molar-refractivity contribution in [1.82, 2.24) is 10.2 Å². The number of halogens is 1. The predicted molar refractivity (Wildman–Crippen MR) is 156 cm³/mol. The van der Waals surface area contributed by atoms with E-state index in [1.54, 1.807) is 31.3 Å². The molecule has 0 saturated carbocycles. The fraction of sp³-hybridized carbons (Fsp3) is 0.484. The fourth-order valence-electron chi connectivity index (χ4n) is 4.43. The van der Waals surface area contributed by atoms with Crippen LogP contribution in [-0.2, 0) is 15.9 Å². The lowest BCUT2D eigenvalue weighted by Gasteiger charge is -2.22. The van der Waals surface area contributed by atoms with E-state index in [9.17, 15) is 9.59 Å². The molecule has 1 heterocycles. The van der Waals surface area contributed by atoms with Crippen molar-refractivity contribution in [3.05, 3.63) is 68.5 Å². The van der Waals surface area contributed by atoms with Gasteiger partial charge in [0.1, 0.15) is 0 Å². The number of carbonyl (C=O) groups excluding carboxylic acids is 2. The van der Waals surface area contributed by atoms with Gasteiger partial charge in [-0.3, -0.25) is 9.59 Å². The van der Waals surface area contributed by atoms with Crippen LogP contribution in [0.4, 0.5) is 0 Å². The number of Topliss-reactive ketones (excluding diaryl/α,β-unsaturated/α-hetero) is 1. The minimum absolute atomic E-state index is 0.0821. The Balaban J connectivity index is 0.000000624. The zero-order chi connectivity index (χ0) is 28.1. The molecule has 2 aromatic carbocycles. The third-order valence-corrected chi connectivity index (χ3v) is 6.93. The van der Waals surface area contributed by atoms with Gasteiger partial charge in [-0.2, -0.15) is 0 Å². The Morgan fingerprint density at radius 3 is 2.42 bits per heavy atom. The monoisotopic (exact) mass is 542 g/mol. The zero-order valence-electron chi connectivity index (χ0n) is 23.5. The molecule has 38 heavy (non-hydrogen) atoms. The van der Waals surface area contributed by atoms with Gasteiger partial charge in [-0.05, 0) is 66.8 Å². The van der Waals surface area contributed by atoms with Gasteiger partial charge < -0.3 is 19.7 Å². The molecule has 0 aliphatic carbocycles. The van der Waals surface area contributed by atoms with Gasteiger partial charge in [-0.25, -0.2) is 0 Å². The third kappa shape index (κ3) is 9.90. The molecule has 3 rings (SSSR count). The first-order valence-corrected chi connectivity index (χ1v) is 13.8. The number of rotatable bonds is 10. The van der Waals surface area contributed by atoms with Crippen LogP contribution in [0.3, 0.4) is 0 Å². The van der Waals surface area contributed by atoms with Gasteiger partial charge in [-0.15, -0.1) is 0 Å². The summed E-state index contributed by atoms with van der Waals surface area (Å²) in [5.41, 5.74) is 2.40. The second kappa shape index (κ2) is 16.3. The minimum Gasteiger partial charge on any atom is -0.380 e. The molecule has 1 N–H and O–H groups in total. The maximum atomic E-state index is 12.5. The van der Waals surface area contributed by atoms with Gasteiger partial charge in [0.15, 0.2) is 5.78 Å². The lowest BCUT2D eigenvalue weighted by atomic mass is 9.96. The maximum Gasteiger partial charge on any atom is 0.251 e. The number of amides is 1. The van der Waals surface area contributed by atoms with E-state index < -0.39 is 0 Å². The van der Waals surface area contributed by atoms with Crippen molar-refractivity contribution < 1.29 is 19.1 Å². The van der Waals surface area contributed by atoms with Crippen LogP contribution in [0.25, 0.3) is 12.8 Å². The molecule has 1 saturated heterocycles. The van der Waals surface area contributed by atoms with Gasteiger partial charge in [0.2, 0.25) is 0 Å². The second-order valence-electron chi connectivity index (χ2n) is 9.67. The summed E-state index contributed by atoms with van der Waals surface area (Å²) in [5.74, 6) is 0.451. The molecule has 0 radical (unpaired) electrons. The highest BCUT2D eigenvalue weighted by Crippen LogP contribution is 2.17. The summed E-state index contributed by atoms with van der Waals surface area (Å²) in [6.07, 6.45) is 5.47. The molecule has 2 unspecified atom stereocenters. The number of nitrogens with one attached hydrogen (secondary N) is 1. The molecular formula is C31H43ClN2O4. The average Bonchev–Trinajstić information content (AvgIpc) is 2.92. The van der Waals surface area contributed by atoms with Crippen LogP contribution in [-0.4, -0.2) is 63.2 Å². The van der Waals surface area contributed by atoms with E-state index >= 15 is 0 Å². The first-order chi connectivity index (χ1) is 18.2. The molecule has 6 nitrogen and oxygen atoms in total. The summed E-state index contributed by atoms with van der Waals surface area (Å²) in [6, 6.07) is 10.8. The van der Waals surface area contributed by atoms with Crippen molar-refractivity contribution in [2.24, 2.45) is 5.92 Å². The SMILES string of the molecule is C=c1ccc(C(=O)NC)c(CC)/c1=C/N(C)CC(CC)CCC(=O)c1ccc(Cl)cc1.CC1COCCO1. The van der Waals surface area contributed by atoms with Crippen molar-refractivity contribution in [1.29, 1.82) is 0 Å². The highest BCUT2D eigenvalue weighted by atomic mass is 35.5. The van der Waals surface area contributed by atoms with Gasteiger partial charge in [0.25, 0.3) is 5.91 Å². The number of hydrogen-bond donors (Lipinski definition) is 1. The van der Waals surface area contributed by atoms with E-state index in [1.807, 2.05) is 26.1 Å².